The standard InChI is InChI=1S/C15H9F3N2O/c16-12-4-11(5-13(17)6-12)15(21)20-8-10-2-1-9(7-19)3-14(10)18/h1-6H,8H2,(H,20,21). The average molecular weight is 290 g/mol. The van der Waals surface area contributed by atoms with Gasteiger partial charge in [-0.15, -0.1) is 0 Å². The molecule has 0 saturated heterocycles. The second kappa shape index (κ2) is 6.09. The van der Waals surface area contributed by atoms with Crippen LogP contribution in [0.25, 0.3) is 0 Å². The van der Waals surface area contributed by atoms with Gasteiger partial charge in [0.25, 0.3) is 5.91 Å². The fraction of sp³-hybridized carbons (Fsp3) is 0.0667. The Morgan fingerprint density at radius 3 is 2.33 bits per heavy atom. The summed E-state index contributed by atoms with van der Waals surface area (Å²) in [4.78, 5) is 11.7. The van der Waals surface area contributed by atoms with Crippen LogP contribution in [0.2, 0.25) is 0 Å². The highest BCUT2D eigenvalue weighted by Gasteiger charge is 2.10. The maximum Gasteiger partial charge on any atom is 0.251 e. The maximum atomic E-state index is 13.6. The third kappa shape index (κ3) is 3.60. The normalized spacial score (nSPS) is 10.0. The minimum absolute atomic E-state index is 0.158. The molecule has 0 fully saturated rings. The van der Waals surface area contributed by atoms with Crippen LogP contribution in [0.1, 0.15) is 21.5 Å². The molecule has 1 amide bonds. The van der Waals surface area contributed by atoms with Gasteiger partial charge >= 0.3 is 0 Å². The highest BCUT2D eigenvalue weighted by atomic mass is 19.1. The Bertz CT molecular complexity index is 718. The number of nitrogens with zero attached hydrogens (tertiary/aromatic N) is 1. The number of nitrogens with one attached hydrogen (secondary N) is 1. The number of hydrogen-bond acceptors (Lipinski definition) is 2. The Morgan fingerprint density at radius 2 is 1.76 bits per heavy atom. The van der Waals surface area contributed by atoms with Crippen molar-refractivity contribution in [3.63, 3.8) is 0 Å². The summed E-state index contributed by atoms with van der Waals surface area (Å²) in [5, 5.41) is 11.0. The molecular formula is C15H9F3N2O. The van der Waals surface area contributed by atoms with E-state index in [4.69, 9.17) is 5.26 Å². The van der Waals surface area contributed by atoms with Crippen LogP contribution in [0, 0.1) is 28.8 Å². The number of benzene rings is 2. The Morgan fingerprint density at radius 1 is 1.10 bits per heavy atom. The predicted molar refractivity (Wildman–Crippen MR) is 68.6 cm³/mol. The van der Waals surface area contributed by atoms with Gasteiger partial charge in [-0.1, -0.05) is 6.07 Å². The Labute approximate surface area is 118 Å². The molecule has 0 radical (unpaired) electrons. The van der Waals surface area contributed by atoms with Gasteiger partial charge in [0.05, 0.1) is 11.6 Å². The fourth-order valence-corrected chi connectivity index (χ4v) is 1.72. The lowest BCUT2D eigenvalue weighted by atomic mass is 10.1. The summed E-state index contributed by atoms with van der Waals surface area (Å²) in [6, 6.07) is 8.02. The summed E-state index contributed by atoms with van der Waals surface area (Å²) >= 11 is 0. The minimum Gasteiger partial charge on any atom is -0.348 e. The van der Waals surface area contributed by atoms with Gasteiger partial charge < -0.3 is 5.32 Å². The second-order valence-corrected chi connectivity index (χ2v) is 4.26. The van der Waals surface area contributed by atoms with Crippen molar-refractivity contribution in [2.45, 2.75) is 6.54 Å². The summed E-state index contributed by atoms with van der Waals surface area (Å²) < 4.78 is 39.6. The lowest BCUT2D eigenvalue weighted by molar-refractivity contribution is 0.0949. The summed E-state index contributed by atoms with van der Waals surface area (Å²) in [7, 11) is 0. The zero-order valence-electron chi connectivity index (χ0n) is 10.7. The Balaban J connectivity index is 2.09. The molecule has 0 aliphatic carbocycles. The van der Waals surface area contributed by atoms with Crippen molar-refractivity contribution in [1.82, 2.24) is 5.32 Å². The minimum atomic E-state index is -0.871. The van der Waals surface area contributed by atoms with Crippen LogP contribution >= 0.6 is 0 Å². The van der Waals surface area contributed by atoms with E-state index >= 15 is 0 Å². The molecule has 0 bridgehead atoms. The van der Waals surface area contributed by atoms with E-state index in [1.807, 2.05) is 0 Å². The van der Waals surface area contributed by atoms with Crippen molar-refractivity contribution in [2.24, 2.45) is 0 Å². The van der Waals surface area contributed by atoms with Gasteiger partial charge in [0, 0.05) is 23.7 Å². The van der Waals surface area contributed by atoms with Gasteiger partial charge in [-0.2, -0.15) is 5.26 Å². The Hall–Kier alpha value is -2.81. The predicted octanol–water partition coefficient (Wildman–Crippen LogP) is 2.91. The van der Waals surface area contributed by atoms with Crippen LogP contribution in [0.3, 0.4) is 0 Å². The molecule has 1 N–H and O–H groups in total. The van der Waals surface area contributed by atoms with Crippen LogP contribution in [0.4, 0.5) is 13.2 Å². The molecule has 0 aromatic heterocycles. The van der Waals surface area contributed by atoms with E-state index in [1.165, 1.54) is 12.1 Å². The molecule has 21 heavy (non-hydrogen) atoms. The third-order valence-electron chi connectivity index (χ3n) is 2.75. The third-order valence-corrected chi connectivity index (χ3v) is 2.75. The van der Waals surface area contributed by atoms with Crippen molar-refractivity contribution < 1.29 is 18.0 Å². The molecule has 0 saturated carbocycles. The molecule has 6 heteroatoms. The largest absolute Gasteiger partial charge is 0.348 e. The first-order chi connectivity index (χ1) is 9.99. The maximum absolute atomic E-state index is 13.6. The van der Waals surface area contributed by atoms with Crippen molar-refractivity contribution >= 4 is 5.91 Å². The van der Waals surface area contributed by atoms with E-state index in [0.717, 1.165) is 18.2 Å². The van der Waals surface area contributed by atoms with Crippen molar-refractivity contribution in [1.29, 1.82) is 5.26 Å². The molecule has 0 unspecified atom stereocenters. The van der Waals surface area contributed by atoms with Gasteiger partial charge in [0.15, 0.2) is 0 Å². The number of carbonyl (C=O) groups excluding carboxylic acids is 1. The highest BCUT2D eigenvalue weighted by molar-refractivity contribution is 5.94. The number of rotatable bonds is 3. The smallest absolute Gasteiger partial charge is 0.251 e. The molecule has 0 spiro atoms. The van der Waals surface area contributed by atoms with E-state index in [-0.39, 0.29) is 23.2 Å². The van der Waals surface area contributed by atoms with E-state index in [0.29, 0.717) is 6.07 Å². The van der Waals surface area contributed by atoms with Gasteiger partial charge in [-0.05, 0) is 24.3 Å². The molecule has 0 aliphatic rings. The van der Waals surface area contributed by atoms with Gasteiger partial charge in [0.2, 0.25) is 0 Å². The number of halogens is 3. The van der Waals surface area contributed by atoms with Crippen molar-refractivity contribution in [2.75, 3.05) is 0 Å². The second-order valence-electron chi connectivity index (χ2n) is 4.26. The zero-order chi connectivity index (χ0) is 15.4. The van der Waals surface area contributed by atoms with E-state index in [2.05, 4.69) is 5.32 Å². The summed E-state index contributed by atoms with van der Waals surface area (Å²) in [6.07, 6.45) is 0. The highest BCUT2D eigenvalue weighted by Crippen LogP contribution is 2.11. The summed E-state index contributed by atoms with van der Waals surface area (Å²) in [5.41, 5.74) is 0.135. The molecule has 0 aliphatic heterocycles. The number of nitriles is 1. The molecular weight excluding hydrogens is 281 g/mol. The van der Waals surface area contributed by atoms with Crippen LogP contribution in [0.15, 0.2) is 36.4 Å². The lowest BCUT2D eigenvalue weighted by Gasteiger charge is -2.07. The molecule has 2 aromatic rings. The van der Waals surface area contributed by atoms with E-state index in [1.54, 1.807) is 6.07 Å². The Kier molecular flexibility index (Phi) is 4.24. The quantitative estimate of drug-likeness (QED) is 0.945. The lowest BCUT2D eigenvalue weighted by Crippen LogP contribution is -2.23. The van der Waals surface area contributed by atoms with E-state index in [9.17, 15) is 18.0 Å². The summed E-state index contributed by atoms with van der Waals surface area (Å²) in [5.74, 6) is -3.11. The van der Waals surface area contributed by atoms with Gasteiger partial charge in [-0.3, -0.25) is 4.79 Å². The number of hydrogen-bond donors (Lipinski definition) is 1. The topological polar surface area (TPSA) is 52.9 Å². The molecule has 0 heterocycles. The molecule has 2 rings (SSSR count). The average Bonchev–Trinajstić information content (AvgIpc) is 2.44. The number of amides is 1. The monoisotopic (exact) mass is 290 g/mol. The first kappa shape index (κ1) is 14.6. The van der Waals surface area contributed by atoms with Crippen LogP contribution in [0.5, 0.6) is 0 Å². The van der Waals surface area contributed by atoms with Crippen LogP contribution in [-0.4, -0.2) is 5.91 Å². The molecule has 0 atom stereocenters. The van der Waals surface area contributed by atoms with Crippen LogP contribution in [-0.2, 0) is 6.54 Å². The van der Waals surface area contributed by atoms with E-state index < -0.39 is 23.4 Å². The molecule has 2 aromatic carbocycles. The first-order valence-electron chi connectivity index (χ1n) is 5.92. The van der Waals surface area contributed by atoms with Crippen molar-refractivity contribution in [3.8, 4) is 6.07 Å². The fourth-order valence-electron chi connectivity index (χ4n) is 1.72. The first-order valence-corrected chi connectivity index (χ1v) is 5.92. The van der Waals surface area contributed by atoms with Crippen molar-refractivity contribution in [3.05, 3.63) is 70.5 Å². The number of carbonyl (C=O) groups is 1. The zero-order valence-corrected chi connectivity index (χ0v) is 10.7. The van der Waals surface area contributed by atoms with Crippen LogP contribution < -0.4 is 5.32 Å². The van der Waals surface area contributed by atoms with Gasteiger partial charge in [-0.25, -0.2) is 13.2 Å². The molecule has 106 valence electrons. The summed E-state index contributed by atoms with van der Waals surface area (Å²) in [6.45, 7) is -0.158. The molecule has 3 nitrogen and oxygen atoms in total. The SMILES string of the molecule is N#Cc1ccc(CNC(=O)c2cc(F)cc(F)c2)c(F)c1. The van der Waals surface area contributed by atoms with Gasteiger partial charge in [0.1, 0.15) is 17.5 Å².